The molecule has 1 amide bonds. The average molecular weight is 167 g/mol. The highest BCUT2D eigenvalue weighted by molar-refractivity contribution is 5.76. The molecular weight excluding hydrogens is 150 g/mol. The first kappa shape index (κ1) is 8.09. The normalized spacial score (nSPS) is 40.8. The Bertz CT molecular complexity index is 190. The number of fused-ring (bicyclic) bond motifs is 1. The zero-order valence-electron chi connectivity index (χ0n) is 7.46. The van der Waals surface area contributed by atoms with Crippen LogP contribution in [0.2, 0.25) is 0 Å². The Hall–Kier alpha value is -0.530. The van der Waals surface area contributed by atoms with Gasteiger partial charge in [0.05, 0.1) is 0 Å². The summed E-state index contributed by atoms with van der Waals surface area (Å²) in [5, 5.41) is 0. The van der Waals surface area contributed by atoms with Crippen LogP contribution >= 0.6 is 0 Å². The molecule has 3 atom stereocenters. The predicted molar refractivity (Wildman–Crippen MR) is 47.4 cm³/mol. The van der Waals surface area contributed by atoms with Gasteiger partial charge in [-0.2, -0.15) is 0 Å². The van der Waals surface area contributed by atoms with E-state index in [1.54, 1.807) is 0 Å². The molecule has 2 aliphatic rings. The van der Waals surface area contributed by atoms with E-state index in [1.165, 1.54) is 25.7 Å². The molecule has 0 radical (unpaired) electrons. The van der Waals surface area contributed by atoms with Crippen molar-refractivity contribution in [3.63, 3.8) is 0 Å². The average Bonchev–Trinajstić information content (AvgIpc) is 2.49. The van der Waals surface area contributed by atoms with Crippen molar-refractivity contribution in [3.05, 3.63) is 0 Å². The second-order valence-corrected chi connectivity index (χ2v) is 4.36. The Morgan fingerprint density at radius 1 is 1.08 bits per heavy atom. The molecule has 2 saturated carbocycles. The van der Waals surface area contributed by atoms with Gasteiger partial charge in [0.2, 0.25) is 5.91 Å². The highest BCUT2D eigenvalue weighted by atomic mass is 16.1. The summed E-state index contributed by atoms with van der Waals surface area (Å²) in [6.45, 7) is 0. The van der Waals surface area contributed by atoms with Gasteiger partial charge in [-0.25, -0.2) is 0 Å². The van der Waals surface area contributed by atoms with Gasteiger partial charge in [0.15, 0.2) is 0 Å². The highest BCUT2D eigenvalue weighted by Gasteiger charge is 2.35. The molecule has 2 heteroatoms. The van der Waals surface area contributed by atoms with Gasteiger partial charge in [-0.1, -0.05) is 19.3 Å². The van der Waals surface area contributed by atoms with Gasteiger partial charge in [-0.05, 0) is 31.1 Å². The minimum Gasteiger partial charge on any atom is -0.369 e. The number of hydrogen-bond acceptors (Lipinski definition) is 1. The van der Waals surface area contributed by atoms with Crippen LogP contribution in [0.15, 0.2) is 0 Å². The zero-order valence-corrected chi connectivity index (χ0v) is 7.46. The molecule has 2 rings (SSSR count). The quantitative estimate of drug-likeness (QED) is 0.634. The van der Waals surface area contributed by atoms with Crippen molar-refractivity contribution in [3.8, 4) is 0 Å². The molecule has 0 unspecified atom stereocenters. The first-order chi connectivity index (χ1) is 5.77. The number of nitrogens with two attached hydrogens (primary N) is 1. The van der Waals surface area contributed by atoms with Gasteiger partial charge in [-0.15, -0.1) is 0 Å². The second kappa shape index (κ2) is 3.08. The Balaban J connectivity index is 1.96. The monoisotopic (exact) mass is 167 g/mol. The smallest absolute Gasteiger partial charge is 0.220 e. The molecule has 2 nitrogen and oxygen atoms in total. The maximum atomic E-state index is 11.0. The number of carbonyl (C=O) groups excluding carboxylic acids is 1. The van der Waals surface area contributed by atoms with E-state index in [1.807, 2.05) is 0 Å². The van der Waals surface area contributed by atoms with Crippen LogP contribution in [0.4, 0.5) is 0 Å². The van der Waals surface area contributed by atoms with Crippen molar-refractivity contribution in [1.29, 1.82) is 0 Å². The lowest BCUT2D eigenvalue weighted by molar-refractivity contribution is -0.123. The number of primary amides is 1. The minimum atomic E-state index is -0.0691. The van der Waals surface area contributed by atoms with Crippen molar-refractivity contribution in [2.24, 2.45) is 23.5 Å². The first-order valence-corrected chi connectivity index (χ1v) is 5.06. The van der Waals surface area contributed by atoms with E-state index in [0.717, 1.165) is 24.7 Å². The molecule has 0 aliphatic heterocycles. The van der Waals surface area contributed by atoms with Crippen molar-refractivity contribution < 1.29 is 4.79 Å². The van der Waals surface area contributed by atoms with Crippen LogP contribution in [0.3, 0.4) is 0 Å². The maximum Gasteiger partial charge on any atom is 0.220 e. The Kier molecular flexibility index (Phi) is 2.07. The minimum absolute atomic E-state index is 0.0691. The van der Waals surface area contributed by atoms with Gasteiger partial charge in [0.1, 0.15) is 0 Å². The first-order valence-electron chi connectivity index (χ1n) is 5.06. The van der Waals surface area contributed by atoms with Crippen molar-refractivity contribution in [2.75, 3.05) is 0 Å². The molecule has 12 heavy (non-hydrogen) atoms. The summed E-state index contributed by atoms with van der Waals surface area (Å²) in [6.07, 6.45) is 7.50. The summed E-state index contributed by atoms with van der Waals surface area (Å²) < 4.78 is 0. The fourth-order valence-electron chi connectivity index (χ4n) is 2.96. The SMILES string of the molecule is NC(=O)[C@@H]1CC[C@H]2CCC[C@@H]2C1. The van der Waals surface area contributed by atoms with Crippen LogP contribution in [-0.4, -0.2) is 5.91 Å². The Morgan fingerprint density at radius 3 is 2.58 bits per heavy atom. The summed E-state index contributed by atoms with van der Waals surface area (Å²) in [5.74, 6) is 1.89. The van der Waals surface area contributed by atoms with Crippen LogP contribution < -0.4 is 5.73 Å². The summed E-state index contributed by atoms with van der Waals surface area (Å²) >= 11 is 0. The summed E-state index contributed by atoms with van der Waals surface area (Å²) in [6, 6.07) is 0. The standard InChI is InChI=1S/C10H17NO/c11-10(12)9-5-4-7-2-1-3-8(7)6-9/h7-9H,1-6H2,(H2,11,12)/t7-,8-,9-/m1/s1. The van der Waals surface area contributed by atoms with Crippen LogP contribution in [0, 0.1) is 17.8 Å². The molecule has 0 heterocycles. The number of hydrogen-bond donors (Lipinski definition) is 1. The number of rotatable bonds is 1. The number of amides is 1. The van der Waals surface area contributed by atoms with Gasteiger partial charge in [0.25, 0.3) is 0 Å². The van der Waals surface area contributed by atoms with E-state index < -0.39 is 0 Å². The van der Waals surface area contributed by atoms with E-state index >= 15 is 0 Å². The molecule has 2 N–H and O–H groups in total. The third-order valence-electron chi connectivity index (χ3n) is 3.69. The zero-order chi connectivity index (χ0) is 8.55. The van der Waals surface area contributed by atoms with E-state index in [0.29, 0.717) is 0 Å². The maximum absolute atomic E-state index is 11.0. The lowest BCUT2D eigenvalue weighted by Gasteiger charge is -2.29. The molecule has 0 aromatic heterocycles. The molecule has 0 bridgehead atoms. The van der Waals surface area contributed by atoms with E-state index in [2.05, 4.69) is 0 Å². The summed E-state index contributed by atoms with van der Waals surface area (Å²) in [4.78, 5) is 11.0. The van der Waals surface area contributed by atoms with E-state index in [4.69, 9.17) is 5.73 Å². The molecule has 2 fully saturated rings. The van der Waals surface area contributed by atoms with Crippen molar-refractivity contribution in [1.82, 2.24) is 0 Å². The molecule has 0 aromatic carbocycles. The summed E-state index contributed by atoms with van der Waals surface area (Å²) in [7, 11) is 0. The molecular formula is C10H17NO. The van der Waals surface area contributed by atoms with Crippen molar-refractivity contribution >= 4 is 5.91 Å². The fourth-order valence-corrected chi connectivity index (χ4v) is 2.96. The van der Waals surface area contributed by atoms with Crippen molar-refractivity contribution in [2.45, 2.75) is 38.5 Å². The Labute approximate surface area is 73.5 Å². The lowest BCUT2D eigenvalue weighted by atomic mass is 9.76. The van der Waals surface area contributed by atoms with Gasteiger partial charge in [-0.3, -0.25) is 4.79 Å². The molecule has 0 aromatic rings. The Morgan fingerprint density at radius 2 is 1.83 bits per heavy atom. The molecule has 0 saturated heterocycles. The summed E-state index contributed by atoms with van der Waals surface area (Å²) in [5.41, 5.74) is 5.31. The third kappa shape index (κ3) is 1.35. The predicted octanol–water partition coefficient (Wildman–Crippen LogP) is 1.69. The molecule has 0 spiro atoms. The highest BCUT2D eigenvalue weighted by Crippen LogP contribution is 2.43. The van der Waals surface area contributed by atoms with Crippen LogP contribution in [0.1, 0.15) is 38.5 Å². The second-order valence-electron chi connectivity index (χ2n) is 4.36. The van der Waals surface area contributed by atoms with Crippen LogP contribution in [0.25, 0.3) is 0 Å². The third-order valence-corrected chi connectivity index (χ3v) is 3.69. The van der Waals surface area contributed by atoms with Gasteiger partial charge in [0, 0.05) is 5.92 Å². The molecule has 68 valence electrons. The van der Waals surface area contributed by atoms with E-state index in [9.17, 15) is 4.79 Å². The lowest BCUT2D eigenvalue weighted by Crippen LogP contribution is -2.30. The topological polar surface area (TPSA) is 43.1 Å². The number of carbonyl (C=O) groups is 1. The molecule has 2 aliphatic carbocycles. The fraction of sp³-hybridized carbons (Fsp3) is 0.900. The van der Waals surface area contributed by atoms with Crippen LogP contribution in [-0.2, 0) is 4.79 Å². The van der Waals surface area contributed by atoms with E-state index in [-0.39, 0.29) is 11.8 Å². The van der Waals surface area contributed by atoms with Gasteiger partial charge >= 0.3 is 0 Å². The largest absolute Gasteiger partial charge is 0.369 e. The van der Waals surface area contributed by atoms with Gasteiger partial charge < -0.3 is 5.73 Å². The van der Waals surface area contributed by atoms with Crippen LogP contribution in [0.5, 0.6) is 0 Å².